The zero-order valence-electron chi connectivity index (χ0n) is 35.0. The zero-order valence-corrected chi connectivity index (χ0v) is 35.0. The molecule has 0 aliphatic heterocycles. The third-order valence-electron chi connectivity index (χ3n) is 12.7. The van der Waals surface area contributed by atoms with E-state index in [4.69, 9.17) is 4.42 Å². The molecule has 2 heteroatoms. The first-order chi connectivity index (χ1) is 31.7. The highest BCUT2D eigenvalue weighted by atomic mass is 16.3. The van der Waals surface area contributed by atoms with Gasteiger partial charge in [-0.15, -0.1) is 0 Å². The molecule has 2 nitrogen and oxygen atoms in total. The van der Waals surface area contributed by atoms with E-state index >= 15 is 0 Å². The molecular formula is C62H41NO. The lowest BCUT2D eigenvalue weighted by molar-refractivity contribution is 0.669. The summed E-state index contributed by atoms with van der Waals surface area (Å²) in [5.41, 5.74) is 17.0. The summed E-state index contributed by atoms with van der Waals surface area (Å²) in [5.74, 6) is 0. The third kappa shape index (κ3) is 6.52. The van der Waals surface area contributed by atoms with Crippen LogP contribution in [0.15, 0.2) is 253 Å². The van der Waals surface area contributed by atoms with Gasteiger partial charge in [0.15, 0.2) is 0 Å². The summed E-state index contributed by atoms with van der Waals surface area (Å²) in [7, 11) is 0. The minimum atomic E-state index is 0.864. The Labute approximate surface area is 372 Å². The normalized spacial score (nSPS) is 11.4. The number of nitrogens with zero attached hydrogens (tertiary/aromatic N) is 1. The molecule has 0 aliphatic rings. The quantitative estimate of drug-likeness (QED) is 0.142. The molecule has 1 aromatic heterocycles. The van der Waals surface area contributed by atoms with E-state index < -0.39 is 0 Å². The van der Waals surface area contributed by atoms with E-state index in [1.165, 1.54) is 71.6 Å². The van der Waals surface area contributed by atoms with Crippen LogP contribution < -0.4 is 4.90 Å². The highest BCUT2D eigenvalue weighted by Gasteiger charge is 2.21. The van der Waals surface area contributed by atoms with Crippen molar-refractivity contribution in [2.45, 2.75) is 0 Å². The molecule has 0 bridgehead atoms. The van der Waals surface area contributed by atoms with Crippen molar-refractivity contribution in [1.82, 2.24) is 0 Å². The SMILES string of the molecule is c1ccc(-c2ccc(-c3ccc(N(c4ccc(-c5ccc6c(c5)c(-c5ccccc5)c(-c5ccccc5)c5ccccc56)cc4)c4cccc5oc6ccccc6c45)cc3)cc2)cc1. The van der Waals surface area contributed by atoms with Crippen molar-refractivity contribution < 1.29 is 4.42 Å². The maximum absolute atomic E-state index is 6.42. The van der Waals surface area contributed by atoms with Crippen molar-refractivity contribution in [3.05, 3.63) is 249 Å². The molecule has 0 fully saturated rings. The molecule has 0 amide bonds. The molecule has 1 heterocycles. The fraction of sp³-hybridized carbons (Fsp3) is 0. The number of fused-ring (bicyclic) bond motifs is 6. The third-order valence-corrected chi connectivity index (χ3v) is 12.7. The maximum Gasteiger partial charge on any atom is 0.137 e. The van der Waals surface area contributed by atoms with Gasteiger partial charge in [0.25, 0.3) is 0 Å². The van der Waals surface area contributed by atoms with E-state index in [0.29, 0.717) is 0 Å². The van der Waals surface area contributed by atoms with Crippen LogP contribution in [0.2, 0.25) is 0 Å². The molecule has 300 valence electrons. The number of para-hydroxylation sites is 1. The summed E-state index contributed by atoms with van der Waals surface area (Å²) in [6.07, 6.45) is 0. The van der Waals surface area contributed by atoms with Crippen LogP contribution in [0.4, 0.5) is 17.1 Å². The Balaban J connectivity index is 0.984. The number of rotatable bonds is 8. The van der Waals surface area contributed by atoms with E-state index in [1.807, 2.05) is 6.07 Å². The largest absolute Gasteiger partial charge is 0.456 e. The fourth-order valence-corrected chi connectivity index (χ4v) is 9.64. The van der Waals surface area contributed by atoms with Crippen LogP contribution in [0.3, 0.4) is 0 Å². The summed E-state index contributed by atoms with van der Waals surface area (Å²) < 4.78 is 6.42. The van der Waals surface area contributed by atoms with E-state index in [-0.39, 0.29) is 0 Å². The van der Waals surface area contributed by atoms with Crippen molar-refractivity contribution in [2.75, 3.05) is 4.90 Å². The molecule has 12 rings (SSSR count). The number of anilines is 3. The van der Waals surface area contributed by atoms with Gasteiger partial charge in [-0.25, -0.2) is 0 Å². The first-order valence-electron chi connectivity index (χ1n) is 21.9. The van der Waals surface area contributed by atoms with Gasteiger partial charge >= 0.3 is 0 Å². The number of benzene rings is 11. The van der Waals surface area contributed by atoms with Crippen LogP contribution in [-0.2, 0) is 0 Å². The smallest absolute Gasteiger partial charge is 0.137 e. The van der Waals surface area contributed by atoms with Gasteiger partial charge in [-0.2, -0.15) is 0 Å². The first kappa shape index (κ1) is 37.3. The summed E-state index contributed by atoms with van der Waals surface area (Å²) in [6, 6.07) is 89.6. The summed E-state index contributed by atoms with van der Waals surface area (Å²) >= 11 is 0. The highest BCUT2D eigenvalue weighted by molar-refractivity contribution is 6.22. The molecule has 0 saturated heterocycles. The van der Waals surface area contributed by atoms with Crippen molar-refractivity contribution in [1.29, 1.82) is 0 Å². The van der Waals surface area contributed by atoms with Crippen molar-refractivity contribution in [3.63, 3.8) is 0 Å². The minimum Gasteiger partial charge on any atom is -0.456 e. The molecule has 64 heavy (non-hydrogen) atoms. The van der Waals surface area contributed by atoms with E-state index in [1.54, 1.807) is 0 Å². The molecule has 0 saturated carbocycles. The van der Waals surface area contributed by atoms with Crippen molar-refractivity contribution in [2.24, 2.45) is 0 Å². The second-order valence-electron chi connectivity index (χ2n) is 16.4. The van der Waals surface area contributed by atoms with E-state index in [9.17, 15) is 0 Å². The molecule has 0 spiro atoms. The molecule has 0 unspecified atom stereocenters. The lowest BCUT2D eigenvalue weighted by Crippen LogP contribution is -2.10. The van der Waals surface area contributed by atoms with Crippen LogP contribution >= 0.6 is 0 Å². The Morgan fingerprint density at radius 1 is 0.250 bits per heavy atom. The summed E-state index contributed by atoms with van der Waals surface area (Å²) in [4.78, 5) is 2.36. The van der Waals surface area contributed by atoms with Crippen molar-refractivity contribution in [3.8, 4) is 55.6 Å². The Morgan fingerprint density at radius 2 is 0.656 bits per heavy atom. The van der Waals surface area contributed by atoms with Gasteiger partial charge < -0.3 is 9.32 Å². The molecule has 12 aromatic rings. The van der Waals surface area contributed by atoms with Crippen LogP contribution in [0.5, 0.6) is 0 Å². The molecule has 0 aliphatic carbocycles. The van der Waals surface area contributed by atoms with Crippen molar-refractivity contribution >= 4 is 60.5 Å². The van der Waals surface area contributed by atoms with Crippen LogP contribution in [0.25, 0.3) is 99.1 Å². The molecule has 0 atom stereocenters. The van der Waals surface area contributed by atoms with Crippen LogP contribution in [-0.4, -0.2) is 0 Å². The second kappa shape index (κ2) is 15.8. The van der Waals surface area contributed by atoms with Gasteiger partial charge in [0, 0.05) is 16.8 Å². The lowest BCUT2D eigenvalue weighted by atomic mass is 9.84. The average molecular weight is 816 g/mol. The molecule has 0 N–H and O–H groups in total. The molecule has 0 radical (unpaired) electrons. The predicted molar refractivity (Wildman–Crippen MR) is 271 cm³/mol. The Morgan fingerprint density at radius 3 is 1.25 bits per heavy atom. The Kier molecular flexibility index (Phi) is 9.20. The van der Waals surface area contributed by atoms with Gasteiger partial charge in [0.2, 0.25) is 0 Å². The zero-order chi connectivity index (χ0) is 42.4. The first-order valence-corrected chi connectivity index (χ1v) is 21.9. The lowest BCUT2D eigenvalue weighted by Gasteiger charge is -2.26. The number of hydrogen-bond acceptors (Lipinski definition) is 2. The van der Waals surface area contributed by atoms with E-state index in [2.05, 4.69) is 248 Å². The van der Waals surface area contributed by atoms with E-state index in [0.717, 1.165) is 44.6 Å². The number of hydrogen-bond donors (Lipinski definition) is 0. The maximum atomic E-state index is 6.42. The molecular weight excluding hydrogens is 775 g/mol. The van der Waals surface area contributed by atoms with Gasteiger partial charge in [-0.05, 0) is 126 Å². The van der Waals surface area contributed by atoms with Gasteiger partial charge in [-0.1, -0.05) is 200 Å². The minimum absolute atomic E-state index is 0.864. The monoisotopic (exact) mass is 815 g/mol. The van der Waals surface area contributed by atoms with Crippen LogP contribution in [0.1, 0.15) is 0 Å². The molecule has 11 aromatic carbocycles. The van der Waals surface area contributed by atoms with Gasteiger partial charge in [0.05, 0.1) is 11.1 Å². The standard InChI is InChI=1S/C62H41NO/c1-4-15-42(16-5-1)43-27-29-44(30-28-43)45-31-36-50(37-32-45)63(57-24-14-26-59-62(57)55-23-12-13-25-58(55)64-59)51-38-33-46(34-39-51)49-35-40-53-52-21-10-11-22-54(52)60(47-17-6-2-7-18-47)61(56(53)41-49)48-19-8-3-9-20-48/h1-41H. The van der Waals surface area contributed by atoms with Gasteiger partial charge in [-0.3, -0.25) is 0 Å². The highest BCUT2D eigenvalue weighted by Crippen LogP contribution is 2.47. The predicted octanol–water partition coefficient (Wildman–Crippen LogP) is 17.7. The van der Waals surface area contributed by atoms with Gasteiger partial charge in [0.1, 0.15) is 11.2 Å². The van der Waals surface area contributed by atoms with Crippen LogP contribution in [0, 0.1) is 0 Å². The number of furan rings is 1. The average Bonchev–Trinajstić information content (AvgIpc) is 3.77. The summed E-state index contributed by atoms with van der Waals surface area (Å²) in [5, 5.41) is 7.18. The topological polar surface area (TPSA) is 16.4 Å². The Hall–Kier alpha value is -8.46. The summed E-state index contributed by atoms with van der Waals surface area (Å²) in [6.45, 7) is 0. The second-order valence-corrected chi connectivity index (χ2v) is 16.4. The Bertz CT molecular complexity index is 3610. The fourth-order valence-electron chi connectivity index (χ4n) is 9.64.